The Morgan fingerprint density at radius 2 is 2.15 bits per heavy atom. The number of aliphatic hydroxyl groups is 1. The summed E-state index contributed by atoms with van der Waals surface area (Å²) in [5.41, 5.74) is 0.891. The first kappa shape index (κ1) is 14.1. The van der Waals surface area contributed by atoms with Crippen molar-refractivity contribution in [3.63, 3.8) is 0 Å². The monoisotopic (exact) mass is 276 g/mol. The summed E-state index contributed by atoms with van der Waals surface area (Å²) in [7, 11) is 0. The Bertz CT molecular complexity index is 554. The van der Waals surface area contributed by atoms with E-state index in [0.717, 1.165) is 4.90 Å². The molecule has 0 bridgehead atoms. The second-order valence-corrected chi connectivity index (χ2v) is 4.17. The molecule has 6 nitrogen and oxygen atoms in total. The number of rotatable bonds is 6. The van der Waals surface area contributed by atoms with Crippen LogP contribution in [0.1, 0.15) is 6.92 Å². The molecule has 6 heteroatoms. The predicted octanol–water partition coefficient (Wildman–Crippen LogP) is 0.742. The number of likely N-dealkylation sites (N-methyl/N-ethyl adjacent to an activating group) is 1. The molecule has 106 valence electrons. The summed E-state index contributed by atoms with van der Waals surface area (Å²) in [4.78, 5) is 24.6. The lowest BCUT2D eigenvalue weighted by Crippen LogP contribution is -2.31. The van der Waals surface area contributed by atoms with Crippen LogP contribution in [-0.2, 0) is 9.59 Å². The molecule has 1 aromatic carbocycles. The molecular formula is C14H16N2O4. The van der Waals surface area contributed by atoms with Crippen LogP contribution < -0.4 is 10.1 Å². The highest BCUT2D eigenvalue weighted by Crippen LogP contribution is 2.21. The molecule has 0 spiro atoms. The van der Waals surface area contributed by atoms with Gasteiger partial charge in [0.15, 0.2) is 0 Å². The number of carbonyl (C=O) groups excluding carboxylic acids is 2. The van der Waals surface area contributed by atoms with Crippen LogP contribution in [0, 0.1) is 0 Å². The number of benzene rings is 1. The van der Waals surface area contributed by atoms with Crippen molar-refractivity contribution in [1.82, 2.24) is 4.90 Å². The zero-order valence-corrected chi connectivity index (χ0v) is 11.1. The van der Waals surface area contributed by atoms with Crippen LogP contribution in [0.25, 0.3) is 0 Å². The molecule has 2 N–H and O–H groups in total. The van der Waals surface area contributed by atoms with Crippen LogP contribution in [0.15, 0.2) is 36.0 Å². The average molecular weight is 276 g/mol. The van der Waals surface area contributed by atoms with E-state index < -0.39 is 0 Å². The maximum absolute atomic E-state index is 11.9. The third-order valence-corrected chi connectivity index (χ3v) is 2.80. The maximum atomic E-state index is 11.9. The molecule has 1 aromatic rings. The van der Waals surface area contributed by atoms with Gasteiger partial charge < -0.3 is 15.2 Å². The van der Waals surface area contributed by atoms with Gasteiger partial charge >= 0.3 is 0 Å². The largest absolute Gasteiger partial charge is 0.491 e. The predicted molar refractivity (Wildman–Crippen MR) is 73.1 cm³/mol. The van der Waals surface area contributed by atoms with E-state index in [-0.39, 0.29) is 30.7 Å². The molecule has 2 rings (SSSR count). The summed E-state index contributed by atoms with van der Waals surface area (Å²) in [6, 6.07) is 6.96. The lowest BCUT2D eigenvalue weighted by molar-refractivity contribution is -0.136. The summed E-state index contributed by atoms with van der Waals surface area (Å²) in [6.45, 7) is 2.23. The molecular weight excluding hydrogens is 260 g/mol. The minimum absolute atomic E-state index is 0.0682. The highest BCUT2D eigenvalue weighted by molar-refractivity contribution is 6.17. The molecule has 2 amide bonds. The Hall–Kier alpha value is -2.34. The number of hydrogen-bond donors (Lipinski definition) is 2. The van der Waals surface area contributed by atoms with Crippen LogP contribution in [0.4, 0.5) is 5.69 Å². The SMILES string of the molecule is CCN1C(=O)C=C(Nc2cccc(OCCO)c2)C1=O. The summed E-state index contributed by atoms with van der Waals surface area (Å²) >= 11 is 0. The molecule has 0 fully saturated rings. The first-order valence-electron chi connectivity index (χ1n) is 6.34. The molecule has 0 aromatic heterocycles. The maximum Gasteiger partial charge on any atom is 0.277 e. The van der Waals surface area contributed by atoms with Crippen LogP contribution in [-0.4, -0.2) is 41.6 Å². The number of carbonyl (C=O) groups is 2. The Balaban J connectivity index is 2.09. The highest BCUT2D eigenvalue weighted by Gasteiger charge is 2.29. The van der Waals surface area contributed by atoms with Gasteiger partial charge in [0.25, 0.3) is 11.8 Å². The van der Waals surface area contributed by atoms with Gasteiger partial charge in [-0.3, -0.25) is 14.5 Å². The molecule has 1 aliphatic rings. The van der Waals surface area contributed by atoms with Gasteiger partial charge in [-0.2, -0.15) is 0 Å². The first-order valence-corrected chi connectivity index (χ1v) is 6.34. The van der Waals surface area contributed by atoms with Crippen LogP contribution in [0.2, 0.25) is 0 Å². The van der Waals surface area contributed by atoms with Gasteiger partial charge in [0.1, 0.15) is 18.1 Å². The minimum atomic E-state index is -0.334. The van der Waals surface area contributed by atoms with Crippen molar-refractivity contribution in [3.8, 4) is 5.75 Å². The Morgan fingerprint density at radius 3 is 2.80 bits per heavy atom. The van der Waals surface area contributed by atoms with E-state index in [1.807, 2.05) is 0 Å². The summed E-state index contributed by atoms with van der Waals surface area (Å²) < 4.78 is 5.28. The molecule has 0 unspecified atom stereocenters. The quantitative estimate of drug-likeness (QED) is 0.749. The number of aliphatic hydroxyl groups excluding tert-OH is 1. The second-order valence-electron chi connectivity index (χ2n) is 4.17. The van der Waals surface area contributed by atoms with Crippen molar-refractivity contribution in [3.05, 3.63) is 36.0 Å². The van der Waals surface area contributed by atoms with E-state index in [9.17, 15) is 9.59 Å². The molecule has 0 saturated heterocycles. The standard InChI is InChI=1S/C14H16N2O4/c1-2-16-13(18)9-12(14(16)19)15-10-4-3-5-11(8-10)20-7-6-17/h3-5,8-9,15,17H,2,6-7H2,1H3. The minimum Gasteiger partial charge on any atom is -0.491 e. The van der Waals surface area contributed by atoms with Gasteiger partial charge in [-0.25, -0.2) is 0 Å². The number of imide groups is 1. The Kier molecular flexibility index (Phi) is 4.37. The molecule has 0 radical (unpaired) electrons. The lowest BCUT2D eigenvalue weighted by atomic mass is 10.3. The highest BCUT2D eigenvalue weighted by atomic mass is 16.5. The summed E-state index contributed by atoms with van der Waals surface area (Å²) in [5.74, 6) is -0.0689. The van der Waals surface area contributed by atoms with E-state index in [2.05, 4.69) is 5.32 Å². The lowest BCUT2D eigenvalue weighted by Gasteiger charge is -2.12. The van der Waals surface area contributed by atoms with Crippen molar-refractivity contribution >= 4 is 17.5 Å². The Morgan fingerprint density at radius 1 is 1.35 bits per heavy atom. The number of amides is 2. The number of ether oxygens (including phenoxy) is 1. The topological polar surface area (TPSA) is 78.9 Å². The third-order valence-electron chi connectivity index (χ3n) is 2.80. The zero-order chi connectivity index (χ0) is 14.5. The van der Waals surface area contributed by atoms with Gasteiger partial charge in [0.2, 0.25) is 0 Å². The molecule has 0 atom stereocenters. The fourth-order valence-corrected chi connectivity index (χ4v) is 1.88. The smallest absolute Gasteiger partial charge is 0.277 e. The van der Waals surface area contributed by atoms with Gasteiger partial charge in [-0.15, -0.1) is 0 Å². The third kappa shape index (κ3) is 2.97. The summed E-state index contributed by atoms with van der Waals surface area (Å²) in [5, 5.41) is 11.6. The van der Waals surface area contributed by atoms with Gasteiger partial charge in [0.05, 0.1) is 6.61 Å². The average Bonchev–Trinajstić information content (AvgIpc) is 2.71. The van der Waals surface area contributed by atoms with E-state index >= 15 is 0 Å². The van der Waals surface area contributed by atoms with Crippen LogP contribution in [0.5, 0.6) is 5.75 Å². The molecule has 0 aliphatic carbocycles. The van der Waals surface area contributed by atoms with Crippen molar-refractivity contribution in [2.24, 2.45) is 0 Å². The normalized spacial score (nSPS) is 14.5. The van der Waals surface area contributed by atoms with Crippen molar-refractivity contribution in [2.75, 3.05) is 25.1 Å². The van der Waals surface area contributed by atoms with E-state index in [1.165, 1.54) is 6.08 Å². The molecule has 1 aliphatic heterocycles. The second kappa shape index (κ2) is 6.21. The number of hydrogen-bond acceptors (Lipinski definition) is 5. The molecule has 20 heavy (non-hydrogen) atoms. The number of nitrogens with one attached hydrogen (secondary N) is 1. The summed E-state index contributed by atoms with van der Waals surface area (Å²) in [6.07, 6.45) is 1.28. The molecule has 1 heterocycles. The van der Waals surface area contributed by atoms with E-state index in [0.29, 0.717) is 18.0 Å². The molecule has 0 saturated carbocycles. The van der Waals surface area contributed by atoms with Crippen molar-refractivity contribution in [1.29, 1.82) is 0 Å². The number of nitrogens with zero attached hydrogens (tertiary/aromatic N) is 1. The van der Waals surface area contributed by atoms with Gasteiger partial charge in [-0.1, -0.05) is 6.07 Å². The fraction of sp³-hybridized carbons (Fsp3) is 0.286. The zero-order valence-electron chi connectivity index (χ0n) is 11.1. The van der Waals surface area contributed by atoms with Gasteiger partial charge in [0, 0.05) is 24.4 Å². The van der Waals surface area contributed by atoms with E-state index in [4.69, 9.17) is 9.84 Å². The van der Waals surface area contributed by atoms with Crippen LogP contribution in [0.3, 0.4) is 0 Å². The van der Waals surface area contributed by atoms with Crippen molar-refractivity contribution in [2.45, 2.75) is 6.92 Å². The van der Waals surface area contributed by atoms with Crippen molar-refractivity contribution < 1.29 is 19.4 Å². The first-order chi connectivity index (χ1) is 9.65. The Labute approximate surface area is 116 Å². The van der Waals surface area contributed by atoms with Crippen LogP contribution >= 0.6 is 0 Å². The number of anilines is 1. The fourth-order valence-electron chi connectivity index (χ4n) is 1.88. The van der Waals surface area contributed by atoms with Gasteiger partial charge in [-0.05, 0) is 19.1 Å². The van der Waals surface area contributed by atoms with E-state index in [1.54, 1.807) is 31.2 Å².